The van der Waals surface area contributed by atoms with Gasteiger partial charge in [0.25, 0.3) is 0 Å². The van der Waals surface area contributed by atoms with E-state index < -0.39 is 0 Å². The fraction of sp³-hybridized carbons (Fsp3) is 0.462. The highest BCUT2D eigenvalue weighted by Gasteiger charge is 2.13. The van der Waals surface area contributed by atoms with E-state index in [4.69, 9.17) is 15.6 Å². The van der Waals surface area contributed by atoms with Crippen LogP contribution in [0.25, 0.3) is 0 Å². The summed E-state index contributed by atoms with van der Waals surface area (Å²) < 4.78 is 4.94. The van der Waals surface area contributed by atoms with E-state index >= 15 is 0 Å². The summed E-state index contributed by atoms with van der Waals surface area (Å²) in [5, 5.41) is 8.94. The van der Waals surface area contributed by atoms with E-state index in [0.717, 1.165) is 5.56 Å². The van der Waals surface area contributed by atoms with Crippen LogP contribution in [0.1, 0.15) is 5.56 Å². The van der Waals surface area contributed by atoms with Crippen LogP contribution < -0.4 is 5.73 Å². The summed E-state index contributed by atoms with van der Waals surface area (Å²) in [6.07, 6.45) is 0.286. The van der Waals surface area contributed by atoms with E-state index in [-0.39, 0.29) is 18.9 Å². The second-order valence-corrected chi connectivity index (χ2v) is 4.02. The maximum Gasteiger partial charge on any atom is 0.227 e. The van der Waals surface area contributed by atoms with Gasteiger partial charge in [0, 0.05) is 25.9 Å². The quantitative estimate of drug-likeness (QED) is 0.683. The third-order valence-electron chi connectivity index (χ3n) is 2.59. The molecule has 5 nitrogen and oxygen atoms in total. The number of carbonyl (C=O) groups is 1. The number of aliphatic hydroxyl groups is 1. The Labute approximate surface area is 107 Å². The van der Waals surface area contributed by atoms with E-state index in [2.05, 4.69) is 0 Å². The molecule has 1 aromatic rings. The Morgan fingerprint density at radius 2 is 2.22 bits per heavy atom. The number of rotatable bonds is 7. The standard InChI is InChI=1S/C13H20N2O3/c1-18-8-6-15(5-7-16)13(17)10-11-3-2-4-12(14)9-11/h2-4,9,16H,5-8,10,14H2,1H3. The zero-order valence-electron chi connectivity index (χ0n) is 10.6. The van der Waals surface area contributed by atoms with Crippen molar-refractivity contribution < 1.29 is 14.6 Å². The van der Waals surface area contributed by atoms with Crippen LogP contribution in [0.15, 0.2) is 24.3 Å². The summed E-state index contributed by atoms with van der Waals surface area (Å²) in [5.74, 6) is -0.0355. The molecule has 0 heterocycles. The highest BCUT2D eigenvalue weighted by Crippen LogP contribution is 2.08. The molecule has 0 radical (unpaired) electrons. The number of hydrogen-bond donors (Lipinski definition) is 2. The molecule has 0 aliphatic carbocycles. The molecular weight excluding hydrogens is 232 g/mol. The third kappa shape index (κ3) is 4.73. The molecule has 0 bridgehead atoms. The van der Waals surface area contributed by atoms with Gasteiger partial charge in [0.2, 0.25) is 5.91 Å². The Balaban J connectivity index is 2.60. The van der Waals surface area contributed by atoms with Crippen LogP contribution >= 0.6 is 0 Å². The second-order valence-electron chi connectivity index (χ2n) is 4.02. The van der Waals surface area contributed by atoms with E-state index in [0.29, 0.717) is 25.4 Å². The first-order valence-corrected chi connectivity index (χ1v) is 5.89. The largest absolute Gasteiger partial charge is 0.399 e. The van der Waals surface area contributed by atoms with Gasteiger partial charge in [0.15, 0.2) is 0 Å². The van der Waals surface area contributed by atoms with Gasteiger partial charge in [-0.25, -0.2) is 0 Å². The van der Waals surface area contributed by atoms with Crippen molar-refractivity contribution in [3.8, 4) is 0 Å². The monoisotopic (exact) mass is 252 g/mol. The fourth-order valence-corrected chi connectivity index (χ4v) is 1.67. The predicted octanol–water partition coefficient (Wildman–Crippen LogP) is 0.279. The number of anilines is 1. The van der Waals surface area contributed by atoms with Crippen molar-refractivity contribution in [2.45, 2.75) is 6.42 Å². The molecule has 0 spiro atoms. The molecule has 0 unspecified atom stereocenters. The SMILES string of the molecule is COCCN(CCO)C(=O)Cc1cccc(N)c1. The van der Waals surface area contributed by atoms with Crippen molar-refractivity contribution in [1.82, 2.24) is 4.90 Å². The lowest BCUT2D eigenvalue weighted by Gasteiger charge is -2.21. The number of nitrogen functional groups attached to an aromatic ring is 1. The lowest BCUT2D eigenvalue weighted by atomic mass is 10.1. The van der Waals surface area contributed by atoms with Crippen molar-refractivity contribution >= 4 is 11.6 Å². The zero-order chi connectivity index (χ0) is 13.4. The second kappa shape index (κ2) is 7.68. The van der Waals surface area contributed by atoms with Crippen LogP contribution in [-0.2, 0) is 16.0 Å². The van der Waals surface area contributed by atoms with Gasteiger partial charge in [-0.2, -0.15) is 0 Å². The van der Waals surface area contributed by atoms with Crippen LogP contribution in [0.5, 0.6) is 0 Å². The molecule has 0 aliphatic rings. The van der Waals surface area contributed by atoms with E-state index in [1.54, 1.807) is 24.1 Å². The first-order chi connectivity index (χ1) is 8.67. The number of methoxy groups -OCH3 is 1. The van der Waals surface area contributed by atoms with E-state index in [9.17, 15) is 4.79 Å². The Bertz CT molecular complexity index is 382. The predicted molar refractivity (Wildman–Crippen MR) is 70.1 cm³/mol. The number of ether oxygens (including phenoxy) is 1. The first-order valence-electron chi connectivity index (χ1n) is 5.89. The zero-order valence-corrected chi connectivity index (χ0v) is 10.6. The van der Waals surface area contributed by atoms with Gasteiger partial charge in [-0.15, -0.1) is 0 Å². The Hall–Kier alpha value is -1.59. The van der Waals surface area contributed by atoms with Gasteiger partial charge in [0.05, 0.1) is 19.6 Å². The van der Waals surface area contributed by atoms with Gasteiger partial charge in [0.1, 0.15) is 0 Å². The lowest BCUT2D eigenvalue weighted by molar-refractivity contribution is -0.131. The van der Waals surface area contributed by atoms with Gasteiger partial charge < -0.3 is 20.5 Å². The maximum absolute atomic E-state index is 12.0. The molecule has 5 heteroatoms. The molecule has 1 aromatic carbocycles. The van der Waals surface area contributed by atoms with Crippen LogP contribution in [0.2, 0.25) is 0 Å². The molecule has 0 aromatic heterocycles. The molecule has 0 saturated heterocycles. The molecule has 1 amide bonds. The average molecular weight is 252 g/mol. The van der Waals surface area contributed by atoms with Crippen molar-refractivity contribution in [2.75, 3.05) is 39.1 Å². The number of hydrogen-bond acceptors (Lipinski definition) is 4. The number of nitrogens with zero attached hydrogens (tertiary/aromatic N) is 1. The Kier molecular flexibility index (Phi) is 6.18. The number of aliphatic hydroxyl groups excluding tert-OH is 1. The third-order valence-corrected chi connectivity index (χ3v) is 2.59. The summed E-state index contributed by atoms with van der Waals surface area (Å²) in [6.45, 7) is 1.22. The summed E-state index contributed by atoms with van der Waals surface area (Å²) in [7, 11) is 1.58. The van der Waals surface area contributed by atoms with Gasteiger partial charge in [-0.1, -0.05) is 12.1 Å². The van der Waals surface area contributed by atoms with Crippen LogP contribution in [-0.4, -0.2) is 49.3 Å². The van der Waals surface area contributed by atoms with Crippen LogP contribution in [0.3, 0.4) is 0 Å². The Morgan fingerprint density at radius 1 is 1.44 bits per heavy atom. The number of amides is 1. The summed E-state index contributed by atoms with van der Waals surface area (Å²) in [4.78, 5) is 13.6. The van der Waals surface area contributed by atoms with E-state index in [1.807, 2.05) is 12.1 Å². The topological polar surface area (TPSA) is 75.8 Å². The molecule has 100 valence electrons. The van der Waals surface area contributed by atoms with Crippen molar-refractivity contribution in [3.63, 3.8) is 0 Å². The minimum absolute atomic E-state index is 0.0355. The molecule has 0 fully saturated rings. The van der Waals surface area contributed by atoms with Crippen molar-refractivity contribution in [2.24, 2.45) is 0 Å². The minimum atomic E-state index is -0.0492. The van der Waals surface area contributed by atoms with Crippen molar-refractivity contribution in [3.05, 3.63) is 29.8 Å². The highest BCUT2D eigenvalue weighted by molar-refractivity contribution is 5.79. The summed E-state index contributed by atoms with van der Waals surface area (Å²) >= 11 is 0. The highest BCUT2D eigenvalue weighted by atomic mass is 16.5. The Morgan fingerprint density at radius 3 is 2.83 bits per heavy atom. The van der Waals surface area contributed by atoms with Crippen molar-refractivity contribution in [1.29, 1.82) is 0 Å². The number of benzene rings is 1. The van der Waals surface area contributed by atoms with Gasteiger partial charge >= 0.3 is 0 Å². The average Bonchev–Trinajstić information content (AvgIpc) is 2.34. The smallest absolute Gasteiger partial charge is 0.227 e. The van der Waals surface area contributed by atoms with Gasteiger partial charge in [-0.3, -0.25) is 4.79 Å². The number of carbonyl (C=O) groups excluding carboxylic acids is 1. The van der Waals surface area contributed by atoms with Crippen LogP contribution in [0, 0.1) is 0 Å². The molecule has 3 N–H and O–H groups in total. The molecule has 0 saturated carbocycles. The first kappa shape index (κ1) is 14.5. The lowest BCUT2D eigenvalue weighted by Crippen LogP contribution is -2.37. The summed E-state index contributed by atoms with van der Waals surface area (Å²) in [5.41, 5.74) is 7.18. The molecular formula is C13H20N2O3. The fourth-order valence-electron chi connectivity index (χ4n) is 1.67. The molecule has 0 atom stereocenters. The molecule has 0 aliphatic heterocycles. The maximum atomic E-state index is 12.0. The van der Waals surface area contributed by atoms with E-state index in [1.165, 1.54) is 0 Å². The van der Waals surface area contributed by atoms with Crippen LogP contribution in [0.4, 0.5) is 5.69 Å². The van der Waals surface area contributed by atoms with Gasteiger partial charge in [-0.05, 0) is 17.7 Å². The number of nitrogens with two attached hydrogens (primary N) is 1. The minimum Gasteiger partial charge on any atom is -0.399 e. The molecule has 1 rings (SSSR count). The molecule has 18 heavy (non-hydrogen) atoms. The summed E-state index contributed by atoms with van der Waals surface area (Å²) in [6, 6.07) is 7.25. The normalized spacial score (nSPS) is 10.3.